The molecular weight excluding hydrogens is 250 g/mol. The first-order chi connectivity index (χ1) is 8.59. The largest absolute Gasteiger partial charge is 0.461 e. The highest BCUT2D eigenvalue weighted by molar-refractivity contribution is 6.30. The Hall–Kier alpha value is -1.06. The first kappa shape index (κ1) is 15.0. The number of carbonyl (C=O) groups excluding carboxylic acids is 1. The minimum Gasteiger partial charge on any atom is -0.461 e. The second-order valence-electron chi connectivity index (χ2n) is 4.58. The molecule has 18 heavy (non-hydrogen) atoms. The van der Waals surface area contributed by atoms with E-state index in [1.54, 1.807) is 24.3 Å². The van der Waals surface area contributed by atoms with Gasteiger partial charge in [-0.1, -0.05) is 31.5 Å². The summed E-state index contributed by atoms with van der Waals surface area (Å²) in [7, 11) is 0. The van der Waals surface area contributed by atoms with Crippen LogP contribution in [0, 0.1) is 5.92 Å². The van der Waals surface area contributed by atoms with Gasteiger partial charge in [-0.3, -0.25) is 0 Å². The molecule has 0 spiro atoms. The van der Waals surface area contributed by atoms with Gasteiger partial charge in [-0.2, -0.15) is 0 Å². The zero-order chi connectivity index (χ0) is 13.4. The van der Waals surface area contributed by atoms with E-state index in [4.69, 9.17) is 16.3 Å². The van der Waals surface area contributed by atoms with Crippen molar-refractivity contribution in [1.29, 1.82) is 0 Å². The lowest BCUT2D eigenvalue weighted by Crippen LogP contribution is -2.23. The topological polar surface area (TPSA) is 38.3 Å². The fraction of sp³-hybridized carbons (Fsp3) is 0.500. The Bertz CT molecular complexity index is 380. The minimum absolute atomic E-state index is 0.330. The fourth-order valence-electron chi connectivity index (χ4n) is 1.43. The van der Waals surface area contributed by atoms with E-state index in [0.29, 0.717) is 29.7 Å². The van der Waals surface area contributed by atoms with E-state index in [9.17, 15) is 4.79 Å². The molecule has 0 aliphatic rings. The molecule has 0 saturated carbocycles. The van der Waals surface area contributed by atoms with Crippen LogP contribution in [0.25, 0.3) is 0 Å². The maximum absolute atomic E-state index is 11.6. The molecule has 0 bridgehead atoms. The standard InChI is InChI=1S/C14H20ClNO2/c1-11(2)6-7-16-8-9-18-14(17)12-4-3-5-13(15)10-12/h3-5,10-11,16H,6-9H2,1-2H3. The number of ether oxygens (including phenoxy) is 1. The van der Waals surface area contributed by atoms with E-state index in [0.717, 1.165) is 13.0 Å². The molecule has 0 radical (unpaired) electrons. The second-order valence-corrected chi connectivity index (χ2v) is 5.02. The Morgan fingerprint density at radius 1 is 1.39 bits per heavy atom. The van der Waals surface area contributed by atoms with Crippen LogP contribution in [0.1, 0.15) is 30.6 Å². The molecule has 0 aliphatic heterocycles. The Balaban J connectivity index is 2.18. The van der Waals surface area contributed by atoms with Crippen molar-refractivity contribution in [3.05, 3.63) is 34.9 Å². The van der Waals surface area contributed by atoms with Gasteiger partial charge in [-0.25, -0.2) is 4.79 Å². The van der Waals surface area contributed by atoms with E-state index >= 15 is 0 Å². The molecule has 0 fully saturated rings. The molecule has 1 aromatic carbocycles. The molecule has 4 heteroatoms. The van der Waals surface area contributed by atoms with Gasteiger partial charge in [0.2, 0.25) is 0 Å². The molecule has 0 heterocycles. The highest BCUT2D eigenvalue weighted by Crippen LogP contribution is 2.11. The van der Waals surface area contributed by atoms with Gasteiger partial charge in [-0.05, 0) is 37.1 Å². The van der Waals surface area contributed by atoms with Gasteiger partial charge in [0, 0.05) is 11.6 Å². The molecule has 1 rings (SSSR count). The molecule has 1 N–H and O–H groups in total. The van der Waals surface area contributed by atoms with Crippen molar-refractivity contribution in [3.8, 4) is 0 Å². The number of esters is 1. The molecule has 0 aromatic heterocycles. The average molecular weight is 270 g/mol. The number of nitrogens with one attached hydrogen (secondary N) is 1. The lowest BCUT2D eigenvalue weighted by molar-refractivity contribution is 0.0508. The SMILES string of the molecule is CC(C)CCNCCOC(=O)c1cccc(Cl)c1. The number of carbonyl (C=O) groups is 1. The van der Waals surface area contributed by atoms with Gasteiger partial charge in [-0.15, -0.1) is 0 Å². The van der Waals surface area contributed by atoms with Crippen LogP contribution in [0.15, 0.2) is 24.3 Å². The summed E-state index contributed by atoms with van der Waals surface area (Å²) in [5.41, 5.74) is 0.490. The highest BCUT2D eigenvalue weighted by atomic mass is 35.5. The summed E-state index contributed by atoms with van der Waals surface area (Å²) in [6, 6.07) is 6.77. The normalized spacial score (nSPS) is 10.7. The number of benzene rings is 1. The van der Waals surface area contributed by atoms with Crippen LogP contribution in [0.5, 0.6) is 0 Å². The third-order valence-corrected chi connectivity index (χ3v) is 2.71. The summed E-state index contributed by atoms with van der Waals surface area (Å²) >= 11 is 5.80. The van der Waals surface area contributed by atoms with Crippen molar-refractivity contribution in [3.63, 3.8) is 0 Å². The first-order valence-corrected chi connectivity index (χ1v) is 6.61. The summed E-state index contributed by atoms with van der Waals surface area (Å²) in [5.74, 6) is 0.356. The summed E-state index contributed by atoms with van der Waals surface area (Å²) < 4.78 is 5.13. The van der Waals surface area contributed by atoms with Gasteiger partial charge < -0.3 is 10.1 Å². The van der Waals surface area contributed by atoms with Gasteiger partial charge in [0.15, 0.2) is 0 Å². The van der Waals surface area contributed by atoms with Crippen molar-refractivity contribution in [2.24, 2.45) is 5.92 Å². The summed E-state index contributed by atoms with van der Waals surface area (Å²) in [5, 5.41) is 3.77. The average Bonchev–Trinajstić information content (AvgIpc) is 2.33. The summed E-state index contributed by atoms with van der Waals surface area (Å²) in [6.45, 7) is 6.37. The minimum atomic E-state index is -0.330. The molecule has 3 nitrogen and oxygen atoms in total. The quantitative estimate of drug-likeness (QED) is 0.610. The Morgan fingerprint density at radius 2 is 2.17 bits per heavy atom. The van der Waals surface area contributed by atoms with Crippen LogP contribution in [0.2, 0.25) is 5.02 Å². The monoisotopic (exact) mass is 269 g/mol. The van der Waals surface area contributed by atoms with Crippen LogP contribution in [0.3, 0.4) is 0 Å². The Labute approximate surface area is 113 Å². The van der Waals surface area contributed by atoms with Crippen LogP contribution in [-0.2, 0) is 4.74 Å². The van der Waals surface area contributed by atoms with Gasteiger partial charge in [0.25, 0.3) is 0 Å². The fourth-order valence-corrected chi connectivity index (χ4v) is 1.62. The lowest BCUT2D eigenvalue weighted by atomic mass is 10.1. The number of hydrogen-bond acceptors (Lipinski definition) is 3. The van der Waals surface area contributed by atoms with Crippen molar-refractivity contribution in [2.75, 3.05) is 19.7 Å². The van der Waals surface area contributed by atoms with Crippen molar-refractivity contribution >= 4 is 17.6 Å². The molecule has 0 unspecified atom stereocenters. The Morgan fingerprint density at radius 3 is 2.83 bits per heavy atom. The molecule has 0 atom stereocenters. The molecule has 100 valence electrons. The van der Waals surface area contributed by atoms with Crippen LogP contribution in [-0.4, -0.2) is 25.7 Å². The van der Waals surface area contributed by atoms with Crippen molar-refractivity contribution < 1.29 is 9.53 Å². The number of halogens is 1. The van der Waals surface area contributed by atoms with Crippen LogP contribution < -0.4 is 5.32 Å². The molecule has 0 aliphatic carbocycles. The molecule has 1 aromatic rings. The van der Waals surface area contributed by atoms with E-state index in [2.05, 4.69) is 19.2 Å². The number of rotatable bonds is 7. The third kappa shape index (κ3) is 6.03. The van der Waals surface area contributed by atoms with Crippen molar-refractivity contribution in [2.45, 2.75) is 20.3 Å². The summed E-state index contributed by atoms with van der Waals surface area (Å²) in [6.07, 6.45) is 1.13. The number of hydrogen-bond donors (Lipinski definition) is 1. The zero-order valence-electron chi connectivity index (χ0n) is 10.9. The van der Waals surface area contributed by atoms with E-state index in [1.807, 2.05) is 0 Å². The third-order valence-electron chi connectivity index (χ3n) is 2.47. The van der Waals surface area contributed by atoms with Crippen LogP contribution in [0.4, 0.5) is 0 Å². The Kier molecular flexibility index (Phi) is 6.76. The second kappa shape index (κ2) is 8.11. The lowest BCUT2D eigenvalue weighted by Gasteiger charge is -2.08. The predicted molar refractivity (Wildman–Crippen MR) is 74.1 cm³/mol. The molecular formula is C14H20ClNO2. The maximum Gasteiger partial charge on any atom is 0.338 e. The van der Waals surface area contributed by atoms with Gasteiger partial charge >= 0.3 is 5.97 Å². The van der Waals surface area contributed by atoms with E-state index < -0.39 is 0 Å². The van der Waals surface area contributed by atoms with Gasteiger partial charge in [0.1, 0.15) is 6.61 Å². The maximum atomic E-state index is 11.6. The first-order valence-electron chi connectivity index (χ1n) is 6.23. The predicted octanol–water partition coefficient (Wildman–Crippen LogP) is 3.13. The highest BCUT2D eigenvalue weighted by Gasteiger charge is 2.06. The van der Waals surface area contributed by atoms with Crippen molar-refractivity contribution in [1.82, 2.24) is 5.32 Å². The smallest absolute Gasteiger partial charge is 0.338 e. The van der Waals surface area contributed by atoms with E-state index in [-0.39, 0.29) is 5.97 Å². The molecule has 0 saturated heterocycles. The molecule has 0 amide bonds. The van der Waals surface area contributed by atoms with Gasteiger partial charge in [0.05, 0.1) is 5.56 Å². The zero-order valence-corrected chi connectivity index (χ0v) is 11.7. The summed E-state index contributed by atoms with van der Waals surface area (Å²) in [4.78, 5) is 11.6. The van der Waals surface area contributed by atoms with Crippen LogP contribution >= 0.6 is 11.6 Å². The van der Waals surface area contributed by atoms with E-state index in [1.165, 1.54) is 0 Å².